The van der Waals surface area contributed by atoms with Crippen LogP contribution >= 0.6 is 0 Å². The molecule has 0 fully saturated rings. The van der Waals surface area contributed by atoms with Crippen molar-refractivity contribution in [1.29, 1.82) is 0 Å². The lowest BCUT2D eigenvalue weighted by Gasteiger charge is -2.26. The largest absolute Gasteiger partial charge is 0.480 e. The maximum absolute atomic E-state index is 10.5. The summed E-state index contributed by atoms with van der Waals surface area (Å²) in [6.07, 6.45) is 2.02. The lowest BCUT2D eigenvalue weighted by molar-refractivity contribution is -0.138. The zero-order valence-electron chi connectivity index (χ0n) is 9.66. The van der Waals surface area contributed by atoms with Gasteiger partial charge < -0.3 is 10.0 Å². The Morgan fingerprint density at radius 1 is 1.36 bits per heavy atom. The van der Waals surface area contributed by atoms with E-state index >= 15 is 0 Å². The smallest absolute Gasteiger partial charge is 0.317 e. The molecule has 4 heteroatoms. The number of carbonyl (C=O) groups is 1. The topological polar surface area (TPSA) is 43.8 Å². The molecule has 0 radical (unpaired) electrons. The lowest BCUT2D eigenvalue weighted by Crippen LogP contribution is -2.37. The molecule has 0 aliphatic carbocycles. The van der Waals surface area contributed by atoms with Crippen LogP contribution in [0.5, 0.6) is 0 Å². The molecule has 0 aromatic heterocycles. The summed E-state index contributed by atoms with van der Waals surface area (Å²) in [7, 11) is 5.94. The molecule has 0 aromatic carbocycles. The van der Waals surface area contributed by atoms with E-state index in [-0.39, 0.29) is 6.54 Å². The molecule has 0 amide bonds. The second-order valence-corrected chi connectivity index (χ2v) is 3.96. The highest BCUT2D eigenvalue weighted by Gasteiger charge is 2.14. The Bertz CT molecular complexity index is 172. The van der Waals surface area contributed by atoms with Gasteiger partial charge in [0.25, 0.3) is 0 Å². The fourth-order valence-electron chi connectivity index (χ4n) is 1.49. The van der Waals surface area contributed by atoms with E-state index in [9.17, 15) is 4.79 Å². The summed E-state index contributed by atoms with van der Waals surface area (Å²) in [6.45, 7) is 3.23. The highest BCUT2D eigenvalue weighted by molar-refractivity contribution is 5.69. The van der Waals surface area contributed by atoms with Crippen molar-refractivity contribution in [3.05, 3.63) is 0 Å². The molecule has 1 N–H and O–H groups in total. The molecule has 14 heavy (non-hydrogen) atoms. The third kappa shape index (κ3) is 5.94. The van der Waals surface area contributed by atoms with Crippen molar-refractivity contribution in [1.82, 2.24) is 9.80 Å². The van der Waals surface area contributed by atoms with E-state index in [0.29, 0.717) is 6.04 Å². The van der Waals surface area contributed by atoms with E-state index in [1.807, 2.05) is 26.0 Å². The van der Waals surface area contributed by atoms with Gasteiger partial charge in [-0.25, -0.2) is 0 Å². The van der Waals surface area contributed by atoms with Gasteiger partial charge in [-0.05, 0) is 40.5 Å². The Morgan fingerprint density at radius 2 is 1.93 bits per heavy atom. The molecule has 0 bridgehead atoms. The van der Waals surface area contributed by atoms with Gasteiger partial charge >= 0.3 is 5.97 Å². The Labute approximate surface area is 86.5 Å². The summed E-state index contributed by atoms with van der Waals surface area (Å²) in [5, 5.41) is 8.65. The monoisotopic (exact) mass is 202 g/mol. The van der Waals surface area contributed by atoms with Crippen LogP contribution in [0.2, 0.25) is 0 Å². The second kappa shape index (κ2) is 6.79. The Balaban J connectivity index is 3.92. The summed E-state index contributed by atoms with van der Waals surface area (Å²) in [5.74, 6) is -0.754. The fraction of sp³-hybridized carbons (Fsp3) is 0.900. The molecule has 0 saturated carbocycles. The van der Waals surface area contributed by atoms with Crippen LogP contribution < -0.4 is 0 Å². The van der Waals surface area contributed by atoms with Crippen molar-refractivity contribution in [2.45, 2.75) is 25.8 Å². The van der Waals surface area contributed by atoms with Crippen LogP contribution in [0.4, 0.5) is 0 Å². The molecular weight excluding hydrogens is 180 g/mol. The lowest BCUT2D eigenvalue weighted by atomic mass is 10.1. The maximum atomic E-state index is 10.5. The Morgan fingerprint density at radius 3 is 2.29 bits per heavy atom. The summed E-state index contributed by atoms with van der Waals surface area (Å²) < 4.78 is 0. The summed E-state index contributed by atoms with van der Waals surface area (Å²) in [4.78, 5) is 14.5. The molecule has 0 heterocycles. The number of carboxylic acids is 1. The Hall–Kier alpha value is -0.610. The van der Waals surface area contributed by atoms with E-state index in [2.05, 4.69) is 11.8 Å². The molecule has 84 valence electrons. The molecular formula is C10H22N2O2. The minimum Gasteiger partial charge on any atom is -0.480 e. The molecule has 1 atom stereocenters. The number of carboxylic acid groups (broad SMARTS) is 1. The van der Waals surface area contributed by atoms with E-state index in [1.54, 1.807) is 0 Å². The van der Waals surface area contributed by atoms with Gasteiger partial charge in [0.05, 0.1) is 6.54 Å². The van der Waals surface area contributed by atoms with Crippen molar-refractivity contribution in [3.63, 3.8) is 0 Å². The summed E-state index contributed by atoms with van der Waals surface area (Å²) in [5.41, 5.74) is 0. The van der Waals surface area contributed by atoms with Gasteiger partial charge in [-0.1, -0.05) is 6.92 Å². The van der Waals surface area contributed by atoms with Crippen LogP contribution in [0.15, 0.2) is 0 Å². The zero-order chi connectivity index (χ0) is 11.1. The van der Waals surface area contributed by atoms with Gasteiger partial charge in [0.2, 0.25) is 0 Å². The zero-order valence-corrected chi connectivity index (χ0v) is 9.66. The quantitative estimate of drug-likeness (QED) is 0.661. The van der Waals surface area contributed by atoms with E-state index in [1.165, 1.54) is 0 Å². The third-order valence-electron chi connectivity index (χ3n) is 2.39. The number of aliphatic carboxylic acids is 1. The first kappa shape index (κ1) is 13.4. The minimum atomic E-state index is -0.754. The first-order chi connectivity index (χ1) is 6.47. The van der Waals surface area contributed by atoms with Crippen LogP contribution in [0, 0.1) is 0 Å². The molecule has 1 unspecified atom stereocenters. The standard InChI is InChI=1S/C10H22N2O2/c1-5-9(6-7-11(2)3)12(4)8-10(13)14/h9H,5-8H2,1-4H3,(H,13,14). The normalized spacial score (nSPS) is 13.6. The van der Waals surface area contributed by atoms with Crippen molar-refractivity contribution in [3.8, 4) is 0 Å². The van der Waals surface area contributed by atoms with Crippen LogP contribution in [-0.4, -0.2) is 61.2 Å². The first-order valence-electron chi connectivity index (χ1n) is 5.04. The van der Waals surface area contributed by atoms with Crippen LogP contribution in [-0.2, 0) is 4.79 Å². The van der Waals surface area contributed by atoms with Crippen LogP contribution in [0.25, 0.3) is 0 Å². The number of hydrogen-bond acceptors (Lipinski definition) is 3. The average molecular weight is 202 g/mol. The van der Waals surface area contributed by atoms with Gasteiger partial charge in [0.15, 0.2) is 0 Å². The van der Waals surface area contributed by atoms with Gasteiger partial charge in [-0.3, -0.25) is 9.69 Å². The highest BCUT2D eigenvalue weighted by Crippen LogP contribution is 2.06. The van der Waals surface area contributed by atoms with Gasteiger partial charge in [0.1, 0.15) is 0 Å². The molecule has 0 spiro atoms. The number of hydrogen-bond donors (Lipinski definition) is 1. The van der Waals surface area contributed by atoms with E-state index in [4.69, 9.17) is 5.11 Å². The van der Waals surface area contributed by atoms with Crippen LogP contribution in [0.1, 0.15) is 19.8 Å². The third-order valence-corrected chi connectivity index (χ3v) is 2.39. The van der Waals surface area contributed by atoms with E-state index in [0.717, 1.165) is 19.4 Å². The minimum absolute atomic E-state index is 0.131. The van der Waals surface area contributed by atoms with E-state index < -0.39 is 5.97 Å². The fourth-order valence-corrected chi connectivity index (χ4v) is 1.49. The number of likely N-dealkylation sites (N-methyl/N-ethyl adjacent to an activating group) is 1. The van der Waals surface area contributed by atoms with Crippen molar-refractivity contribution in [2.75, 3.05) is 34.2 Å². The van der Waals surface area contributed by atoms with Crippen molar-refractivity contribution < 1.29 is 9.90 Å². The van der Waals surface area contributed by atoms with Crippen LogP contribution in [0.3, 0.4) is 0 Å². The van der Waals surface area contributed by atoms with Gasteiger partial charge in [-0.2, -0.15) is 0 Å². The SMILES string of the molecule is CCC(CCN(C)C)N(C)CC(=O)O. The molecule has 0 aliphatic rings. The Kier molecular flexibility index (Phi) is 6.49. The van der Waals surface area contributed by atoms with Gasteiger partial charge in [0, 0.05) is 6.04 Å². The molecule has 0 rings (SSSR count). The van der Waals surface area contributed by atoms with Crippen molar-refractivity contribution in [2.24, 2.45) is 0 Å². The second-order valence-electron chi connectivity index (χ2n) is 3.96. The molecule has 4 nitrogen and oxygen atoms in total. The maximum Gasteiger partial charge on any atom is 0.317 e. The van der Waals surface area contributed by atoms with Crippen molar-refractivity contribution >= 4 is 5.97 Å². The molecule has 0 aromatic rings. The predicted molar refractivity (Wildman–Crippen MR) is 57.5 cm³/mol. The molecule has 0 saturated heterocycles. The summed E-state index contributed by atoms with van der Waals surface area (Å²) >= 11 is 0. The number of rotatable bonds is 7. The number of nitrogens with zero attached hydrogens (tertiary/aromatic N) is 2. The molecule has 0 aliphatic heterocycles. The average Bonchev–Trinajstić information content (AvgIpc) is 2.03. The van der Waals surface area contributed by atoms with Gasteiger partial charge in [-0.15, -0.1) is 0 Å². The summed E-state index contributed by atoms with van der Waals surface area (Å²) in [6, 6.07) is 0.369. The highest BCUT2D eigenvalue weighted by atomic mass is 16.4. The first-order valence-corrected chi connectivity index (χ1v) is 5.04. The predicted octanol–water partition coefficient (Wildman–Crippen LogP) is 0.733.